The number of rotatable bonds is 16. The Morgan fingerprint density at radius 2 is 1.84 bits per heavy atom. The zero-order valence-electron chi connectivity index (χ0n) is 26.2. The molecule has 1 unspecified atom stereocenters. The number of aliphatic hydroxyl groups excluding tert-OH is 1. The molecule has 1 aliphatic carbocycles. The van der Waals surface area contributed by atoms with Crippen molar-refractivity contribution in [1.29, 1.82) is 0 Å². The van der Waals surface area contributed by atoms with Gasteiger partial charge in [-0.15, -0.1) is 11.3 Å². The molecule has 0 bridgehead atoms. The number of nitrogens with one attached hydrogen (secondary N) is 1. The van der Waals surface area contributed by atoms with Crippen molar-refractivity contribution in [2.24, 2.45) is 22.5 Å². The summed E-state index contributed by atoms with van der Waals surface area (Å²) in [4.78, 5) is 35.1. The van der Waals surface area contributed by atoms with E-state index in [9.17, 15) is 23.5 Å². The Morgan fingerprint density at radius 3 is 2.42 bits per heavy atom. The summed E-state index contributed by atoms with van der Waals surface area (Å²) in [6, 6.07) is 3.03. The summed E-state index contributed by atoms with van der Waals surface area (Å²) in [5, 5.41) is 16.7. The number of aliphatic hydroxyl groups is 1. The summed E-state index contributed by atoms with van der Waals surface area (Å²) in [6.45, 7) is 12.4. The molecule has 1 aromatic heterocycles. The maximum atomic E-state index is 14.4. The van der Waals surface area contributed by atoms with Gasteiger partial charge in [-0.3, -0.25) is 9.59 Å². The third-order valence-corrected chi connectivity index (χ3v) is 9.17. The summed E-state index contributed by atoms with van der Waals surface area (Å²) in [5.74, 6) is -2.09. The van der Waals surface area contributed by atoms with E-state index in [0.717, 1.165) is 52.9 Å². The number of primary amides is 1. The number of benzene rings is 1. The first-order valence-electron chi connectivity index (χ1n) is 15.4. The Balaban J connectivity index is 1.92. The Labute approximate surface area is 259 Å². The number of carbonyl (C=O) groups excluding carboxylic acids is 2. The van der Waals surface area contributed by atoms with Crippen LogP contribution in [0, 0.1) is 28.4 Å². The molecule has 0 saturated carbocycles. The lowest BCUT2D eigenvalue weighted by Crippen LogP contribution is -2.62. The Bertz CT molecular complexity index is 1260. The minimum atomic E-state index is -1.72. The van der Waals surface area contributed by atoms with Crippen molar-refractivity contribution < 1.29 is 23.5 Å². The van der Waals surface area contributed by atoms with Gasteiger partial charge in [-0.2, -0.15) is 0 Å². The molecule has 238 valence electrons. The van der Waals surface area contributed by atoms with E-state index in [4.69, 9.17) is 5.73 Å². The number of amides is 2. The van der Waals surface area contributed by atoms with Gasteiger partial charge >= 0.3 is 0 Å². The van der Waals surface area contributed by atoms with Crippen LogP contribution in [0.1, 0.15) is 82.2 Å². The zero-order chi connectivity index (χ0) is 31.8. The van der Waals surface area contributed by atoms with Crippen LogP contribution in [0.2, 0.25) is 0 Å². The van der Waals surface area contributed by atoms with E-state index in [0.29, 0.717) is 44.9 Å². The lowest BCUT2D eigenvalue weighted by atomic mass is 9.57. The zero-order valence-corrected chi connectivity index (χ0v) is 27.0. The fourth-order valence-electron chi connectivity index (χ4n) is 6.46. The van der Waals surface area contributed by atoms with Crippen molar-refractivity contribution in [1.82, 2.24) is 15.2 Å². The van der Waals surface area contributed by atoms with Gasteiger partial charge < -0.3 is 21.1 Å². The molecule has 10 heteroatoms. The van der Waals surface area contributed by atoms with E-state index in [-0.39, 0.29) is 24.3 Å². The average molecular weight is 619 g/mol. The molecule has 0 saturated heterocycles. The maximum Gasteiger partial charge on any atom is 0.231 e. The first-order valence-corrected chi connectivity index (χ1v) is 16.2. The molecule has 0 radical (unpaired) electrons. The molecule has 1 aromatic carbocycles. The van der Waals surface area contributed by atoms with Gasteiger partial charge in [-0.1, -0.05) is 39.3 Å². The van der Waals surface area contributed by atoms with Gasteiger partial charge in [0.1, 0.15) is 11.6 Å². The van der Waals surface area contributed by atoms with E-state index in [1.165, 1.54) is 0 Å². The Hall–Kier alpha value is -2.69. The lowest BCUT2D eigenvalue weighted by molar-refractivity contribution is -0.162. The molecule has 1 heterocycles. The molecule has 43 heavy (non-hydrogen) atoms. The summed E-state index contributed by atoms with van der Waals surface area (Å²) >= 11 is 1.69. The van der Waals surface area contributed by atoms with Crippen LogP contribution in [-0.4, -0.2) is 52.5 Å². The Kier molecular flexibility index (Phi) is 12.4. The summed E-state index contributed by atoms with van der Waals surface area (Å²) in [5.41, 5.74) is 3.86. The molecule has 0 aliphatic heterocycles. The normalized spacial score (nSPS) is 22.1. The third kappa shape index (κ3) is 8.48. The van der Waals surface area contributed by atoms with E-state index in [1.807, 2.05) is 27.0 Å². The van der Waals surface area contributed by atoms with Crippen molar-refractivity contribution in [3.05, 3.63) is 63.1 Å². The monoisotopic (exact) mass is 618 g/mol. The highest BCUT2D eigenvalue weighted by atomic mass is 32.1. The molecule has 1 aliphatic rings. The van der Waals surface area contributed by atoms with Crippen molar-refractivity contribution in [2.75, 3.05) is 19.6 Å². The minimum absolute atomic E-state index is 0.185. The Morgan fingerprint density at radius 1 is 1.19 bits per heavy atom. The second kappa shape index (κ2) is 15.3. The van der Waals surface area contributed by atoms with Gasteiger partial charge in [0.25, 0.3) is 0 Å². The van der Waals surface area contributed by atoms with Crippen molar-refractivity contribution in [2.45, 2.75) is 92.2 Å². The molecule has 2 amide bonds. The average Bonchev–Trinajstić information content (AvgIpc) is 3.36. The predicted molar refractivity (Wildman–Crippen MR) is 167 cm³/mol. The highest BCUT2D eigenvalue weighted by molar-refractivity contribution is 7.11. The van der Waals surface area contributed by atoms with E-state index < -0.39 is 34.5 Å². The smallest absolute Gasteiger partial charge is 0.231 e. The lowest BCUT2D eigenvalue weighted by Gasteiger charge is -2.50. The molecule has 4 N–H and O–H groups in total. The number of aromatic nitrogens is 1. The van der Waals surface area contributed by atoms with Crippen molar-refractivity contribution in [3.63, 3.8) is 0 Å². The van der Waals surface area contributed by atoms with Gasteiger partial charge in [-0.25, -0.2) is 13.8 Å². The second-order valence-electron chi connectivity index (χ2n) is 12.5. The molecular formula is C33H48F2N4O3S. The quantitative estimate of drug-likeness (QED) is 0.169. The number of nitrogens with zero attached hydrogens (tertiary/aromatic N) is 2. The molecule has 2 aromatic rings. The molecule has 7 nitrogen and oxygen atoms in total. The summed E-state index contributed by atoms with van der Waals surface area (Å²) < 4.78 is 28.3. The van der Waals surface area contributed by atoms with E-state index >= 15 is 0 Å². The number of nitrogens with two attached hydrogens (primary N) is 1. The minimum Gasteiger partial charge on any atom is -0.391 e. The van der Waals surface area contributed by atoms with Crippen LogP contribution in [0.25, 0.3) is 0 Å². The molecule has 3 atom stereocenters. The number of hydrogen-bond acceptors (Lipinski definition) is 6. The summed E-state index contributed by atoms with van der Waals surface area (Å²) in [7, 11) is 0. The predicted octanol–water partition coefficient (Wildman–Crippen LogP) is 5.55. The maximum absolute atomic E-state index is 14.4. The largest absolute Gasteiger partial charge is 0.391 e. The van der Waals surface area contributed by atoms with Gasteiger partial charge in [0.2, 0.25) is 11.8 Å². The van der Waals surface area contributed by atoms with Crippen LogP contribution in [0.4, 0.5) is 8.78 Å². The SMILES string of the molecule is CCCN(CCC)C(=O)C1(CCCNCc2cnc(CC(C)C)s2)CC(C)=C[C@](Cc2cc(F)cc(F)c2)(C(N)=O)[C@@H]1O. The van der Waals surface area contributed by atoms with Gasteiger partial charge in [0.15, 0.2) is 0 Å². The molecule has 3 rings (SSSR count). The number of halogens is 2. The van der Waals surface area contributed by atoms with Crippen LogP contribution >= 0.6 is 11.3 Å². The summed E-state index contributed by atoms with van der Waals surface area (Å²) in [6.07, 6.45) is 5.33. The number of allylic oxidation sites excluding steroid dienone is 1. The molecule has 0 spiro atoms. The standard InChI is InChI=1S/C33H48F2N4O3S/c1-6-11-39(12-7-2)31(42)32(9-8-10-37-20-27-21-38-28(43-27)13-22(3)4)17-23(5)18-33(29(32)40,30(36)41)19-24-14-25(34)16-26(35)15-24/h14-16,18,21-22,29,37,40H,6-13,17,19-20H2,1-5H3,(H2,36,41)/t29-,32?,33-/m1/s1. The topological polar surface area (TPSA) is 109 Å². The van der Waals surface area contributed by atoms with Crippen LogP contribution in [-0.2, 0) is 29.0 Å². The number of carbonyl (C=O) groups is 2. The van der Waals surface area contributed by atoms with Crippen LogP contribution in [0.15, 0.2) is 36.0 Å². The second-order valence-corrected chi connectivity index (χ2v) is 13.7. The molecule has 0 fully saturated rings. The van der Waals surface area contributed by atoms with Crippen LogP contribution < -0.4 is 11.1 Å². The fraction of sp³-hybridized carbons (Fsp3) is 0.606. The van der Waals surface area contributed by atoms with Crippen LogP contribution in [0.5, 0.6) is 0 Å². The fourth-order valence-corrected chi connectivity index (χ4v) is 7.56. The highest BCUT2D eigenvalue weighted by Crippen LogP contribution is 2.51. The van der Waals surface area contributed by atoms with E-state index in [1.54, 1.807) is 22.3 Å². The third-order valence-electron chi connectivity index (χ3n) is 8.15. The van der Waals surface area contributed by atoms with Crippen molar-refractivity contribution in [3.8, 4) is 0 Å². The van der Waals surface area contributed by atoms with Gasteiger partial charge in [-0.05, 0) is 75.6 Å². The number of hydrogen-bond donors (Lipinski definition) is 3. The van der Waals surface area contributed by atoms with Crippen molar-refractivity contribution >= 4 is 23.2 Å². The number of thiazole rings is 1. The van der Waals surface area contributed by atoms with Gasteiger partial charge in [0, 0.05) is 43.2 Å². The van der Waals surface area contributed by atoms with Gasteiger partial charge in [0.05, 0.1) is 21.9 Å². The highest BCUT2D eigenvalue weighted by Gasteiger charge is 2.59. The first kappa shape index (κ1) is 34.8. The first-order chi connectivity index (χ1) is 20.4. The van der Waals surface area contributed by atoms with Crippen LogP contribution in [0.3, 0.4) is 0 Å². The molecular weight excluding hydrogens is 570 g/mol. The van der Waals surface area contributed by atoms with E-state index in [2.05, 4.69) is 24.1 Å².